The Morgan fingerprint density at radius 2 is 2.17 bits per heavy atom. The third-order valence-electron chi connectivity index (χ3n) is 3.39. The van der Waals surface area contributed by atoms with Crippen LogP contribution < -0.4 is 11.3 Å². The molecule has 1 atom stereocenters. The third-order valence-corrected chi connectivity index (χ3v) is 3.39. The highest BCUT2D eigenvalue weighted by atomic mass is 15.2. The first-order chi connectivity index (χ1) is 8.86. The molecule has 1 unspecified atom stereocenters. The number of rotatable bonds is 6. The maximum Gasteiger partial charge on any atom is 0.0466 e. The summed E-state index contributed by atoms with van der Waals surface area (Å²) in [5.41, 5.74) is 4.22. The molecule has 18 heavy (non-hydrogen) atoms. The fourth-order valence-electron chi connectivity index (χ4n) is 2.38. The van der Waals surface area contributed by atoms with Gasteiger partial charge in [-0.2, -0.15) is 0 Å². The minimum atomic E-state index is 0.225. The first kappa shape index (κ1) is 13.0. The van der Waals surface area contributed by atoms with Crippen molar-refractivity contribution in [3.8, 4) is 0 Å². The fourth-order valence-corrected chi connectivity index (χ4v) is 2.38. The molecule has 0 fully saturated rings. The molecule has 3 heteroatoms. The van der Waals surface area contributed by atoms with Crippen LogP contribution in [0.5, 0.6) is 0 Å². The average Bonchev–Trinajstić information content (AvgIpc) is 2.43. The van der Waals surface area contributed by atoms with Crippen molar-refractivity contribution in [3.05, 3.63) is 42.2 Å². The number of pyridine rings is 1. The zero-order valence-corrected chi connectivity index (χ0v) is 10.9. The van der Waals surface area contributed by atoms with Gasteiger partial charge in [0.2, 0.25) is 0 Å². The first-order valence-corrected chi connectivity index (χ1v) is 6.65. The van der Waals surface area contributed by atoms with E-state index in [-0.39, 0.29) is 6.04 Å². The maximum absolute atomic E-state index is 5.71. The molecule has 1 heterocycles. The summed E-state index contributed by atoms with van der Waals surface area (Å²) in [5, 5.41) is 2.41. The number of nitrogens with two attached hydrogens (primary N) is 1. The van der Waals surface area contributed by atoms with Gasteiger partial charge in [0.1, 0.15) is 0 Å². The van der Waals surface area contributed by atoms with E-state index in [1.165, 1.54) is 35.6 Å². The predicted octanol–water partition coefficient (Wildman–Crippen LogP) is 3.32. The van der Waals surface area contributed by atoms with Gasteiger partial charge in [-0.3, -0.25) is 16.3 Å². The van der Waals surface area contributed by atoms with Gasteiger partial charge in [0.05, 0.1) is 0 Å². The highest BCUT2D eigenvalue weighted by Crippen LogP contribution is 2.26. The molecule has 0 bridgehead atoms. The maximum atomic E-state index is 5.71. The summed E-state index contributed by atoms with van der Waals surface area (Å²) in [5.74, 6) is 5.71. The van der Waals surface area contributed by atoms with Gasteiger partial charge in [-0.05, 0) is 23.4 Å². The van der Waals surface area contributed by atoms with Crippen LogP contribution in [0.1, 0.15) is 44.2 Å². The molecule has 2 aromatic rings. The number of hydrazine groups is 1. The minimum Gasteiger partial charge on any atom is -0.271 e. The van der Waals surface area contributed by atoms with E-state index in [0.29, 0.717) is 0 Å². The lowest BCUT2D eigenvalue weighted by Crippen LogP contribution is -2.28. The Labute approximate surface area is 108 Å². The summed E-state index contributed by atoms with van der Waals surface area (Å²) in [4.78, 5) is 4.16. The summed E-state index contributed by atoms with van der Waals surface area (Å²) < 4.78 is 0. The summed E-state index contributed by atoms with van der Waals surface area (Å²) >= 11 is 0. The van der Waals surface area contributed by atoms with Gasteiger partial charge in [-0.1, -0.05) is 44.4 Å². The highest BCUT2D eigenvalue weighted by Gasteiger charge is 2.12. The zero-order valence-electron chi connectivity index (χ0n) is 10.9. The normalized spacial score (nSPS) is 12.8. The smallest absolute Gasteiger partial charge is 0.0466 e. The van der Waals surface area contributed by atoms with Crippen molar-refractivity contribution in [3.63, 3.8) is 0 Å². The van der Waals surface area contributed by atoms with Crippen LogP contribution in [0.4, 0.5) is 0 Å². The van der Waals surface area contributed by atoms with E-state index in [1.54, 1.807) is 0 Å². The van der Waals surface area contributed by atoms with Crippen molar-refractivity contribution >= 4 is 10.8 Å². The topological polar surface area (TPSA) is 50.9 Å². The lowest BCUT2D eigenvalue weighted by molar-refractivity contribution is 0.489. The molecule has 1 aromatic carbocycles. The lowest BCUT2D eigenvalue weighted by Gasteiger charge is -2.18. The molecule has 0 spiro atoms. The number of benzene rings is 1. The van der Waals surface area contributed by atoms with Crippen LogP contribution in [-0.4, -0.2) is 4.98 Å². The second-order valence-electron chi connectivity index (χ2n) is 4.66. The van der Waals surface area contributed by atoms with Crippen molar-refractivity contribution in [1.82, 2.24) is 10.4 Å². The number of hydrogen-bond donors (Lipinski definition) is 2. The van der Waals surface area contributed by atoms with E-state index in [2.05, 4.69) is 41.6 Å². The molecule has 0 saturated heterocycles. The molecule has 0 aliphatic rings. The van der Waals surface area contributed by atoms with E-state index in [4.69, 9.17) is 5.84 Å². The second-order valence-corrected chi connectivity index (χ2v) is 4.66. The molecule has 1 aromatic heterocycles. The molecular weight excluding hydrogens is 222 g/mol. The number of fused-ring (bicyclic) bond motifs is 1. The molecule has 3 nitrogen and oxygen atoms in total. The fraction of sp³-hybridized carbons (Fsp3) is 0.400. The summed E-state index contributed by atoms with van der Waals surface area (Å²) in [6, 6.07) is 8.60. The van der Waals surface area contributed by atoms with Gasteiger partial charge in [0, 0.05) is 23.8 Å². The largest absolute Gasteiger partial charge is 0.271 e. The molecule has 0 saturated carbocycles. The quantitative estimate of drug-likeness (QED) is 0.465. The van der Waals surface area contributed by atoms with Crippen LogP contribution >= 0.6 is 0 Å². The Morgan fingerprint density at radius 1 is 1.28 bits per heavy atom. The van der Waals surface area contributed by atoms with Crippen LogP contribution in [0.3, 0.4) is 0 Å². The molecule has 0 aliphatic carbocycles. The van der Waals surface area contributed by atoms with E-state index in [9.17, 15) is 0 Å². The van der Waals surface area contributed by atoms with Gasteiger partial charge >= 0.3 is 0 Å². The molecule has 96 valence electrons. The van der Waals surface area contributed by atoms with Gasteiger partial charge in [0.25, 0.3) is 0 Å². The molecule has 2 rings (SSSR count). The molecular formula is C15H21N3. The zero-order chi connectivity index (χ0) is 12.8. The Morgan fingerprint density at radius 3 is 2.94 bits per heavy atom. The molecule has 0 radical (unpaired) electrons. The Kier molecular flexibility index (Phi) is 4.67. The molecule has 0 amide bonds. The van der Waals surface area contributed by atoms with E-state index in [1.807, 2.05) is 12.4 Å². The van der Waals surface area contributed by atoms with Crippen molar-refractivity contribution in [1.29, 1.82) is 0 Å². The standard InChI is InChI=1S/C15H21N3/c1-2-3-4-8-15(18-16)14-7-5-6-12-11-17-10-9-13(12)14/h5-7,9-11,15,18H,2-4,8,16H2,1H3. The van der Waals surface area contributed by atoms with E-state index in [0.717, 1.165) is 6.42 Å². The number of hydrogen-bond acceptors (Lipinski definition) is 3. The summed E-state index contributed by atoms with van der Waals surface area (Å²) in [6.07, 6.45) is 8.50. The third kappa shape index (κ3) is 2.86. The van der Waals surface area contributed by atoms with Gasteiger partial charge in [-0.15, -0.1) is 0 Å². The van der Waals surface area contributed by atoms with Gasteiger partial charge < -0.3 is 0 Å². The van der Waals surface area contributed by atoms with Crippen molar-refractivity contribution in [2.45, 2.75) is 38.6 Å². The number of unbranched alkanes of at least 4 members (excludes halogenated alkanes) is 2. The van der Waals surface area contributed by atoms with Crippen molar-refractivity contribution in [2.24, 2.45) is 5.84 Å². The Bertz CT molecular complexity index is 491. The van der Waals surface area contributed by atoms with Crippen LogP contribution in [0.15, 0.2) is 36.7 Å². The van der Waals surface area contributed by atoms with Crippen LogP contribution in [0, 0.1) is 0 Å². The lowest BCUT2D eigenvalue weighted by atomic mass is 9.96. The van der Waals surface area contributed by atoms with Crippen molar-refractivity contribution in [2.75, 3.05) is 0 Å². The number of nitrogens with one attached hydrogen (secondary N) is 1. The summed E-state index contributed by atoms with van der Waals surface area (Å²) in [7, 11) is 0. The monoisotopic (exact) mass is 243 g/mol. The molecule has 0 aliphatic heterocycles. The first-order valence-electron chi connectivity index (χ1n) is 6.65. The van der Waals surface area contributed by atoms with Gasteiger partial charge in [0.15, 0.2) is 0 Å². The number of nitrogens with zero attached hydrogens (tertiary/aromatic N) is 1. The predicted molar refractivity (Wildman–Crippen MR) is 75.9 cm³/mol. The number of aromatic nitrogens is 1. The van der Waals surface area contributed by atoms with Crippen LogP contribution in [-0.2, 0) is 0 Å². The van der Waals surface area contributed by atoms with Crippen LogP contribution in [0.25, 0.3) is 10.8 Å². The van der Waals surface area contributed by atoms with E-state index >= 15 is 0 Å². The SMILES string of the molecule is CCCCCC(NN)c1cccc2cnccc12. The highest BCUT2D eigenvalue weighted by molar-refractivity contribution is 5.85. The molecule has 3 N–H and O–H groups in total. The summed E-state index contributed by atoms with van der Waals surface area (Å²) in [6.45, 7) is 2.22. The van der Waals surface area contributed by atoms with Crippen LogP contribution in [0.2, 0.25) is 0 Å². The average molecular weight is 243 g/mol. The second kappa shape index (κ2) is 6.47. The van der Waals surface area contributed by atoms with Gasteiger partial charge in [-0.25, -0.2) is 0 Å². The van der Waals surface area contributed by atoms with Crippen molar-refractivity contribution < 1.29 is 0 Å². The Balaban J connectivity index is 2.27. The Hall–Kier alpha value is -1.45. The van der Waals surface area contributed by atoms with E-state index < -0.39 is 0 Å². The minimum absolute atomic E-state index is 0.225.